The summed E-state index contributed by atoms with van der Waals surface area (Å²) in [4.78, 5) is 13.5. The minimum atomic E-state index is -2.68. The third-order valence-corrected chi connectivity index (χ3v) is 11.3. The van der Waals surface area contributed by atoms with Crippen molar-refractivity contribution >= 4 is 24.8 Å². The summed E-state index contributed by atoms with van der Waals surface area (Å²) in [5.74, 6) is 0. The number of morpholine rings is 1. The number of nitrogens with zero attached hydrogens (tertiary/aromatic N) is 1. The lowest BCUT2D eigenvalue weighted by atomic mass is 10.2. The Bertz CT molecular complexity index is 813. The van der Waals surface area contributed by atoms with Gasteiger partial charge in [0.05, 0.1) is 31.4 Å². The van der Waals surface area contributed by atoms with E-state index < -0.39 is 14.4 Å². The Balaban J connectivity index is 1.74. The van der Waals surface area contributed by atoms with Crippen molar-refractivity contribution in [2.75, 3.05) is 13.2 Å². The molecule has 6 heteroatoms. The second-order valence-electron chi connectivity index (χ2n) is 8.99. The predicted molar refractivity (Wildman–Crippen MR) is 115 cm³/mol. The fraction of sp³-hybridized carbons (Fsp3) is 0.435. The van der Waals surface area contributed by atoms with Crippen molar-refractivity contribution in [1.82, 2.24) is 4.90 Å². The molecule has 1 amide bonds. The Hall–Kier alpha value is -2.15. The van der Waals surface area contributed by atoms with Crippen molar-refractivity contribution in [3.05, 3.63) is 60.7 Å². The lowest BCUT2D eigenvalue weighted by molar-refractivity contribution is -0.0231. The Morgan fingerprint density at radius 3 is 2.14 bits per heavy atom. The monoisotopic (exact) mass is 411 g/mol. The molecule has 3 unspecified atom stereocenters. The normalized spacial score (nSPS) is 24.1. The first-order chi connectivity index (χ1) is 13.8. The lowest BCUT2D eigenvalue weighted by Crippen LogP contribution is -2.67. The Morgan fingerprint density at radius 1 is 1.10 bits per heavy atom. The first-order valence-corrected chi connectivity index (χ1v) is 12.1. The molecule has 2 aromatic carbocycles. The molecule has 2 fully saturated rings. The zero-order valence-corrected chi connectivity index (χ0v) is 18.2. The van der Waals surface area contributed by atoms with Crippen molar-refractivity contribution < 1.29 is 19.1 Å². The zero-order chi connectivity index (χ0) is 20.6. The van der Waals surface area contributed by atoms with Crippen LogP contribution in [0.3, 0.4) is 0 Å². The van der Waals surface area contributed by atoms with Crippen molar-refractivity contribution in [2.45, 2.75) is 50.4 Å². The highest BCUT2D eigenvalue weighted by atomic mass is 28.4. The molecular weight excluding hydrogens is 382 g/mol. The summed E-state index contributed by atoms with van der Waals surface area (Å²) in [7, 11) is -2.68. The number of hydrogen-bond donors (Lipinski definition) is 1. The molecule has 2 saturated heterocycles. The molecule has 3 atom stereocenters. The van der Waals surface area contributed by atoms with Gasteiger partial charge in [-0.1, -0.05) is 81.4 Å². The van der Waals surface area contributed by atoms with Crippen LogP contribution in [0.2, 0.25) is 5.04 Å². The van der Waals surface area contributed by atoms with E-state index in [2.05, 4.69) is 69.3 Å². The second kappa shape index (κ2) is 7.59. The van der Waals surface area contributed by atoms with Gasteiger partial charge in [0, 0.05) is 0 Å². The van der Waals surface area contributed by atoms with Gasteiger partial charge < -0.3 is 14.3 Å². The van der Waals surface area contributed by atoms with Crippen LogP contribution < -0.4 is 10.4 Å². The summed E-state index contributed by atoms with van der Waals surface area (Å²) in [6.45, 7) is 7.52. The first kappa shape index (κ1) is 20.1. The van der Waals surface area contributed by atoms with Crippen LogP contribution in [-0.2, 0) is 9.16 Å². The maximum absolute atomic E-state index is 11.9. The number of benzene rings is 2. The van der Waals surface area contributed by atoms with Gasteiger partial charge in [-0.25, -0.2) is 4.79 Å². The fourth-order valence-corrected chi connectivity index (χ4v) is 9.58. The topological polar surface area (TPSA) is 59.0 Å². The summed E-state index contributed by atoms with van der Waals surface area (Å²) in [6, 6.07) is 20.6. The maximum atomic E-state index is 11.9. The highest BCUT2D eigenvalue weighted by Gasteiger charge is 2.54. The number of carbonyl (C=O) groups is 1. The van der Waals surface area contributed by atoms with E-state index in [0.717, 1.165) is 6.42 Å². The summed E-state index contributed by atoms with van der Waals surface area (Å²) >= 11 is 0. The van der Waals surface area contributed by atoms with Crippen molar-refractivity contribution in [2.24, 2.45) is 0 Å². The number of likely N-dealkylation sites (tertiary alicyclic amines) is 1. The van der Waals surface area contributed by atoms with Gasteiger partial charge in [-0.05, 0) is 21.8 Å². The van der Waals surface area contributed by atoms with E-state index >= 15 is 0 Å². The summed E-state index contributed by atoms with van der Waals surface area (Å²) in [6.07, 6.45) is -0.188. The lowest BCUT2D eigenvalue weighted by Gasteiger charge is -2.44. The van der Waals surface area contributed by atoms with Gasteiger partial charge in [0.25, 0.3) is 8.32 Å². The van der Waals surface area contributed by atoms with Crippen LogP contribution in [0.1, 0.15) is 27.2 Å². The van der Waals surface area contributed by atoms with E-state index in [1.165, 1.54) is 10.4 Å². The molecule has 2 aliphatic rings. The van der Waals surface area contributed by atoms with Crippen molar-refractivity contribution in [3.8, 4) is 0 Å². The van der Waals surface area contributed by atoms with Crippen LogP contribution in [-0.4, -0.2) is 55.8 Å². The highest BCUT2D eigenvalue weighted by Crippen LogP contribution is 2.39. The van der Waals surface area contributed by atoms with Crippen LogP contribution in [0.4, 0.5) is 4.79 Å². The zero-order valence-electron chi connectivity index (χ0n) is 17.2. The second-order valence-corrected chi connectivity index (χ2v) is 13.3. The van der Waals surface area contributed by atoms with Gasteiger partial charge in [-0.15, -0.1) is 0 Å². The van der Waals surface area contributed by atoms with Crippen LogP contribution in [0, 0.1) is 0 Å². The quantitative estimate of drug-likeness (QED) is 0.768. The minimum Gasteiger partial charge on any atom is -0.465 e. The van der Waals surface area contributed by atoms with Crippen LogP contribution in [0.25, 0.3) is 0 Å². The molecule has 29 heavy (non-hydrogen) atoms. The molecule has 0 aliphatic carbocycles. The molecule has 0 spiro atoms. The smallest absolute Gasteiger partial charge is 0.408 e. The summed E-state index contributed by atoms with van der Waals surface area (Å²) in [5, 5.41) is 12.0. The molecule has 2 aliphatic heterocycles. The molecule has 2 heterocycles. The van der Waals surface area contributed by atoms with Crippen LogP contribution in [0.15, 0.2) is 60.7 Å². The number of amides is 1. The third kappa shape index (κ3) is 3.39. The molecule has 4 rings (SSSR count). The SMILES string of the molecule is CC(C)(C)[Si](OCC1C2CC(CO2)N1C(=O)O)(c1ccccc1)c1ccccc1. The van der Waals surface area contributed by atoms with Crippen molar-refractivity contribution in [1.29, 1.82) is 0 Å². The average Bonchev–Trinajstić information content (AvgIpc) is 3.30. The number of carboxylic acid groups (broad SMARTS) is 1. The molecule has 1 N–H and O–H groups in total. The van der Waals surface area contributed by atoms with E-state index in [4.69, 9.17) is 9.16 Å². The molecular formula is C23H29NO4Si. The molecule has 2 aromatic rings. The van der Waals surface area contributed by atoms with Crippen LogP contribution in [0.5, 0.6) is 0 Å². The number of ether oxygens (including phenoxy) is 1. The number of rotatable bonds is 5. The standard InChI is InChI=1S/C23H29NO4Si/c1-23(2,3)29(18-10-6-4-7-11-18,19-12-8-5-9-13-19)28-16-20-21-14-17(15-27-21)24(20)22(25)26/h4-13,17,20-21H,14-16H2,1-3H3,(H,25,26). The minimum absolute atomic E-state index is 0.0507. The molecule has 5 nitrogen and oxygen atoms in total. The summed E-state index contributed by atoms with van der Waals surface area (Å²) in [5.41, 5.74) is 0. The van der Waals surface area contributed by atoms with E-state index in [-0.39, 0.29) is 23.2 Å². The predicted octanol–water partition coefficient (Wildman–Crippen LogP) is 3.08. The van der Waals surface area contributed by atoms with E-state index in [0.29, 0.717) is 13.2 Å². The first-order valence-electron chi connectivity index (χ1n) is 10.2. The molecule has 0 saturated carbocycles. The maximum Gasteiger partial charge on any atom is 0.408 e. The fourth-order valence-electron chi connectivity index (χ4n) is 5.01. The van der Waals surface area contributed by atoms with Gasteiger partial charge in [-0.2, -0.15) is 0 Å². The molecule has 0 aromatic heterocycles. The van der Waals surface area contributed by atoms with Gasteiger partial charge in [-0.3, -0.25) is 4.90 Å². The van der Waals surface area contributed by atoms with Gasteiger partial charge in [0.15, 0.2) is 0 Å². The summed E-state index contributed by atoms with van der Waals surface area (Å²) < 4.78 is 12.8. The van der Waals surface area contributed by atoms with E-state index in [1.54, 1.807) is 4.90 Å². The average molecular weight is 412 g/mol. The Morgan fingerprint density at radius 2 is 1.66 bits per heavy atom. The Kier molecular flexibility index (Phi) is 5.27. The van der Waals surface area contributed by atoms with Gasteiger partial charge in [0.1, 0.15) is 0 Å². The molecule has 2 bridgehead atoms. The number of fused-ring (bicyclic) bond motifs is 2. The molecule has 0 radical (unpaired) electrons. The highest BCUT2D eigenvalue weighted by molar-refractivity contribution is 6.99. The van der Waals surface area contributed by atoms with Crippen LogP contribution >= 0.6 is 0 Å². The van der Waals surface area contributed by atoms with Crippen molar-refractivity contribution in [3.63, 3.8) is 0 Å². The third-order valence-electron chi connectivity index (χ3n) is 6.30. The number of hydrogen-bond acceptors (Lipinski definition) is 3. The largest absolute Gasteiger partial charge is 0.465 e. The van der Waals surface area contributed by atoms with E-state index in [1.807, 2.05) is 12.1 Å². The Labute approximate surface area is 173 Å². The van der Waals surface area contributed by atoms with Gasteiger partial charge >= 0.3 is 6.09 Å². The van der Waals surface area contributed by atoms with E-state index in [9.17, 15) is 9.90 Å². The molecule has 154 valence electrons. The van der Waals surface area contributed by atoms with Gasteiger partial charge in [0.2, 0.25) is 0 Å².